The second-order valence-electron chi connectivity index (χ2n) is 22.7. The third kappa shape index (κ3) is 55.9. The van der Waals surface area contributed by atoms with Crippen LogP contribution in [-0.4, -0.2) is 87.4 Å². The number of carbonyl (C=O) groups is 3. The number of ether oxygens (including phenoxy) is 4. The molecule has 0 saturated carbocycles. The molecular formula is C62H122NO8+. The number of carbonyl (C=O) groups excluding carboxylic acids is 2. The van der Waals surface area contributed by atoms with Crippen LogP contribution in [0.15, 0.2) is 0 Å². The quantitative estimate of drug-likeness (QED) is 0.0278. The molecule has 0 fully saturated rings. The van der Waals surface area contributed by atoms with E-state index >= 15 is 0 Å². The van der Waals surface area contributed by atoms with Crippen LogP contribution in [0.25, 0.3) is 0 Å². The zero-order valence-electron chi connectivity index (χ0n) is 48.2. The molecule has 9 heteroatoms. The van der Waals surface area contributed by atoms with Crippen molar-refractivity contribution in [3.05, 3.63) is 0 Å². The molecule has 0 amide bonds. The molecule has 0 aromatic rings. The van der Waals surface area contributed by atoms with Crippen molar-refractivity contribution in [2.45, 2.75) is 334 Å². The molecule has 0 aliphatic rings. The molecule has 1 N–H and O–H groups in total. The van der Waals surface area contributed by atoms with Crippen LogP contribution < -0.4 is 0 Å². The molecule has 0 aliphatic carbocycles. The van der Waals surface area contributed by atoms with Crippen LogP contribution in [0.3, 0.4) is 0 Å². The first-order chi connectivity index (χ1) is 34.6. The van der Waals surface area contributed by atoms with E-state index in [-0.39, 0.29) is 38.2 Å². The van der Waals surface area contributed by atoms with Crippen LogP contribution in [0.5, 0.6) is 0 Å². The number of quaternary nitrogens is 1. The highest BCUT2D eigenvalue weighted by molar-refractivity contribution is 5.71. The number of nitrogens with zero attached hydrogens (tertiary/aromatic N) is 1. The molecule has 0 rings (SSSR count). The number of hydrogen-bond acceptors (Lipinski definition) is 7. The summed E-state index contributed by atoms with van der Waals surface area (Å²) >= 11 is 0. The maximum Gasteiger partial charge on any atom is 0.361 e. The van der Waals surface area contributed by atoms with Crippen molar-refractivity contribution in [3.8, 4) is 0 Å². The molecule has 2 unspecified atom stereocenters. The van der Waals surface area contributed by atoms with Gasteiger partial charge in [0.05, 0.1) is 34.4 Å². The van der Waals surface area contributed by atoms with Gasteiger partial charge in [-0.3, -0.25) is 9.59 Å². The molecule has 2 atom stereocenters. The lowest BCUT2D eigenvalue weighted by atomic mass is 10.0. The van der Waals surface area contributed by atoms with Crippen LogP contribution in [0.2, 0.25) is 0 Å². The van der Waals surface area contributed by atoms with E-state index in [1.165, 1.54) is 244 Å². The van der Waals surface area contributed by atoms with Gasteiger partial charge in [0.15, 0.2) is 6.10 Å². The summed E-state index contributed by atoms with van der Waals surface area (Å²) in [4.78, 5) is 36.9. The lowest BCUT2D eigenvalue weighted by molar-refractivity contribution is -0.870. The summed E-state index contributed by atoms with van der Waals surface area (Å²) < 4.78 is 22.7. The standard InChI is InChI=1S/C62H121NO8/c1-6-8-10-12-13-14-15-16-17-18-19-20-21-22-23-24-25-26-27-28-29-30-31-32-33-34-35-36-37-38-39-40-41-42-43-44-45-46-47-49-51-53-60(65)71-58(56-69-59(64)52-50-48-11-9-7-2)57-70-62(61(66)67)68-55-54-63(3,4)5/h58,62H,6-57H2,1-5H3/p+1. The summed E-state index contributed by atoms with van der Waals surface area (Å²) in [6.45, 7) is 4.83. The number of hydrogen-bond donors (Lipinski definition) is 1. The van der Waals surface area contributed by atoms with E-state index in [2.05, 4.69) is 13.8 Å². The van der Waals surface area contributed by atoms with E-state index in [1.54, 1.807) is 0 Å². The highest BCUT2D eigenvalue weighted by Crippen LogP contribution is 2.19. The van der Waals surface area contributed by atoms with Crippen molar-refractivity contribution in [2.75, 3.05) is 47.5 Å². The number of esters is 2. The predicted octanol–water partition coefficient (Wildman–Crippen LogP) is 18.4. The Morgan fingerprint density at radius 3 is 0.901 bits per heavy atom. The first-order valence-corrected chi connectivity index (χ1v) is 31.2. The van der Waals surface area contributed by atoms with Crippen molar-refractivity contribution in [1.29, 1.82) is 0 Å². The molecule has 9 nitrogen and oxygen atoms in total. The Morgan fingerprint density at radius 2 is 0.634 bits per heavy atom. The van der Waals surface area contributed by atoms with Crippen LogP contribution in [-0.2, 0) is 33.3 Å². The lowest BCUT2D eigenvalue weighted by Gasteiger charge is -2.25. The normalized spacial score (nSPS) is 12.6. The van der Waals surface area contributed by atoms with Crippen molar-refractivity contribution < 1.29 is 42.9 Å². The van der Waals surface area contributed by atoms with Gasteiger partial charge in [-0.05, 0) is 12.8 Å². The molecule has 0 aliphatic heterocycles. The molecule has 71 heavy (non-hydrogen) atoms. The zero-order chi connectivity index (χ0) is 52.0. The summed E-state index contributed by atoms with van der Waals surface area (Å²) in [6.07, 6.45) is 60.2. The van der Waals surface area contributed by atoms with Crippen molar-refractivity contribution in [2.24, 2.45) is 0 Å². The average Bonchev–Trinajstić information content (AvgIpc) is 3.34. The zero-order valence-corrected chi connectivity index (χ0v) is 48.2. The number of likely N-dealkylation sites (N-methyl/N-ethyl adjacent to an activating group) is 1. The Kier molecular flexibility index (Phi) is 53.2. The minimum atomic E-state index is -1.50. The van der Waals surface area contributed by atoms with E-state index in [0.29, 0.717) is 17.4 Å². The Morgan fingerprint density at radius 1 is 0.366 bits per heavy atom. The second kappa shape index (κ2) is 54.5. The van der Waals surface area contributed by atoms with E-state index in [0.717, 1.165) is 51.4 Å². The molecule has 0 saturated heterocycles. The number of carboxylic acids is 1. The minimum absolute atomic E-state index is 0.176. The minimum Gasteiger partial charge on any atom is -0.477 e. The van der Waals surface area contributed by atoms with E-state index in [9.17, 15) is 19.5 Å². The first kappa shape index (κ1) is 69.3. The van der Waals surface area contributed by atoms with Gasteiger partial charge in [-0.15, -0.1) is 0 Å². The fourth-order valence-corrected chi connectivity index (χ4v) is 9.55. The first-order valence-electron chi connectivity index (χ1n) is 31.2. The van der Waals surface area contributed by atoms with Crippen LogP contribution >= 0.6 is 0 Å². The Bertz CT molecular complexity index is 1130. The predicted molar refractivity (Wildman–Crippen MR) is 300 cm³/mol. The highest BCUT2D eigenvalue weighted by atomic mass is 16.7. The van der Waals surface area contributed by atoms with Gasteiger partial charge < -0.3 is 28.5 Å². The number of unbranched alkanes of at least 4 members (excludes halogenated alkanes) is 44. The van der Waals surface area contributed by atoms with E-state index in [1.807, 2.05) is 21.1 Å². The summed E-state index contributed by atoms with van der Waals surface area (Å²) in [5.74, 6) is -2.00. The molecule has 0 aromatic heterocycles. The maximum atomic E-state index is 12.8. The summed E-state index contributed by atoms with van der Waals surface area (Å²) in [5.41, 5.74) is 0. The van der Waals surface area contributed by atoms with Gasteiger partial charge >= 0.3 is 17.9 Å². The van der Waals surface area contributed by atoms with E-state index in [4.69, 9.17) is 18.9 Å². The van der Waals surface area contributed by atoms with Gasteiger partial charge in [0.1, 0.15) is 13.2 Å². The largest absolute Gasteiger partial charge is 0.477 e. The lowest BCUT2D eigenvalue weighted by Crippen LogP contribution is -2.40. The van der Waals surface area contributed by atoms with Crippen molar-refractivity contribution in [3.63, 3.8) is 0 Å². The topological polar surface area (TPSA) is 108 Å². The van der Waals surface area contributed by atoms with Crippen LogP contribution in [0, 0.1) is 0 Å². The monoisotopic (exact) mass is 1010 g/mol. The molecule has 0 bridgehead atoms. The fraction of sp³-hybridized carbons (Fsp3) is 0.952. The number of rotatable bonds is 59. The van der Waals surface area contributed by atoms with E-state index < -0.39 is 18.4 Å². The van der Waals surface area contributed by atoms with Gasteiger partial charge in [-0.1, -0.05) is 296 Å². The third-order valence-electron chi connectivity index (χ3n) is 14.4. The Balaban J connectivity index is 3.67. The fourth-order valence-electron chi connectivity index (χ4n) is 9.55. The van der Waals surface area contributed by atoms with Crippen molar-refractivity contribution in [1.82, 2.24) is 0 Å². The molecule has 0 aromatic carbocycles. The van der Waals surface area contributed by atoms with Gasteiger partial charge in [-0.2, -0.15) is 0 Å². The summed E-state index contributed by atoms with van der Waals surface area (Å²) in [5, 5.41) is 9.62. The molecular weight excluding hydrogens is 887 g/mol. The smallest absolute Gasteiger partial charge is 0.361 e. The Labute approximate surface area is 441 Å². The van der Waals surface area contributed by atoms with Crippen LogP contribution in [0.1, 0.15) is 322 Å². The van der Waals surface area contributed by atoms with Gasteiger partial charge in [-0.25, -0.2) is 4.79 Å². The van der Waals surface area contributed by atoms with Crippen molar-refractivity contribution >= 4 is 17.9 Å². The average molecular weight is 1010 g/mol. The molecule has 0 heterocycles. The van der Waals surface area contributed by atoms with Gasteiger partial charge in [0, 0.05) is 12.8 Å². The molecule has 0 spiro atoms. The number of aliphatic carboxylic acids is 1. The maximum absolute atomic E-state index is 12.8. The molecule has 422 valence electrons. The Hall–Kier alpha value is -1.71. The van der Waals surface area contributed by atoms with Gasteiger partial charge in [0.2, 0.25) is 0 Å². The molecule has 0 radical (unpaired) electrons. The number of carboxylic acid groups (broad SMARTS) is 1. The highest BCUT2D eigenvalue weighted by Gasteiger charge is 2.25. The summed E-state index contributed by atoms with van der Waals surface area (Å²) in [7, 11) is 5.96. The second-order valence-corrected chi connectivity index (χ2v) is 22.7. The van der Waals surface area contributed by atoms with Gasteiger partial charge in [0.25, 0.3) is 6.29 Å². The SMILES string of the molecule is CCCCCCCCCCCCCCCCCCCCCCCCCCCCCCCCCCCCCCCCCCCC(=O)OC(COC(=O)CCCCCCC)COC(OCC[N+](C)(C)C)C(=O)O. The van der Waals surface area contributed by atoms with Crippen LogP contribution in [0.4, 0.5) is 0 Å². The third-order valence-corrected chi connectivity index (χ3v) is 14.4. The summed E-state index contributed by atoms with van der Waals surface area (Å²) in [6, 6.07) is 0.